The fraction of sp³-hybridized carbons (Fsp3) is 0.250. The maximum atomic E-state index is 6.72. The Kier molecular flexibility index (Phi) is 1.18. The summed E-state index contributed by atoms with van der Waals surface area (Å²) in [6, 6.07) is 0. The van der Waals surface area contributed by atoms with Gasteiger partial charge in [-0.1, -0.05) is 11.3 Å². The monoisotopic (exact) mass is 195 g/mol. The summed E-state index contributed by atoms with van der Waals surface area (Å²) >= 11 is 4.44. The molecule has 1 heterocycles. The van der Waals surface area contributed by atoms with Gasteiger partial charge in [0, 0.05) is 0 Å². The molecule has 0 saturated heterocycles. The van der Waals surface area contributed by atoms with Gasteiger partial charge in [0.2, 0.25) is 0 Å². The van der Waals surface area contributed by atoms with E-state index in [1.165, 1.54) is 11.3 Å². The van der Waals surface area contributed by atoms with Crippen LogP contribution in [0.15, 0.2) is 9.98 Å². The zero-order valence-electron chi connectivity index (χ0n) is 5.80. The van der Waals surface area contributed by atoms with Crippen molar-refractivity contribution in [2.24, 2.45) is 0 Å². The van der Waals surface area contributed by atoms with Crippen molar-refractivity contribution < 1.29 is 7.48 Å². The number of halogens is 1. The Hall–Kier alpha value is -0.0900. The number of hydrogen-bond donors (Lipinski definition) is 0. The topological polar surface area (TPSA) is 22.1 Å². The zero-order chi connectivity index (χ0) is 7.56. The molecule has 0 aliphatic rings. The third-order valence-electron chi connectivity index (χ3n) is 0.557. The van der Waals surface area contributed by atoms with E-state index < -0.39 is 7.06 Å². The number of aromatic nitrogens is 1. The molecule has 0 unspecified atom stereocenters. The standard InChI is InChI=1S/C4H4BrNOS/c1-7-4-6-2-3(5)8-4/h2H,1H3/i1D2. The normalized spacial score (nSPS) is 13.2. The molecule has 0 spiro atoms. The quantitative estimate of drug-likeness (QED) is 0.684. The molecule has 0 bridgehead atoms. The first-order chi connectivity index (χ1) is 4.68. The fourth-order valence-corrected chi connectivity index (χ4v) is 1.24. The Morgan fingerprint density at radius 3 is 3.50 bits per heavy atom. The van der Waals surface area contributed by atoms with Gasteiger partial charge in [-0.15, -0.1) is 0 Å². The molecule has 0 saturated carbocycles. The van der Waals surface area contributed by atoms with Gasteiger partial charge in [0.15, 0.2) is 0 Å². The molecule has 1 aromatic heterocycles. The first-order valence-corrected chi connectivity index (χ1v) is 3.42. The maximum Gasteiger partial charge on any atom is 0.273 e. The van der Waals surface area contributed by atoms with E-state index in [1.807, 2.05) is 0 Å². The average molecular weight is 196 g/mol. The van der Waals surface area contributed by atoms with E-state index in [-0.39, 0.29) is 0 Å². The van der Waals surface area contributed by atoms with E-state index in [2.05, 4.69) is 25.7 Å². The van der Waals surface area contributed by atoms with Crippen LogP contribution in [-0.2, 0) is 0 Å². The lowest BCUT2D eigenvalue weighted by Crippen LogP contribution is -1.76. The SMILES string of the molecule is [2H]C([2H])Oc1ncc(Br)s1. The van der Waals surface area contributed by atoms with Crippen molar-refractivity contribution in [1.82, 2.24) is 4.98 Å². The van der Waals surface area contributed by atoms with Crippen molar-refractivity contribution in [1.29, 1.82) is 0 Å². The van der Waals surface area contributed by atoms with Gasteiger partial charge < -0.3 is 4.74 Å². The molecule has 0 atom stereocenters. The molecule has 2 nitrogen and oxygen atoms in total. The van der Waals surface area contributed by atoms with Crippen LogP contribution in [0.2, 0.25) is 0 Å². The average Bonchev–Trinajstić information content (AvgIpc) is 2.13. The van der Waals surface area contributed by atoms with Crippen LogP contribution in [0.4, 0.5) is 0 Å². The summed E-state index contributed by atoms with van der Waals surface area (Å²) in [5, 5.41) is 0.349. The number of thiazole rings is 1. The molecule has 0 aliphatic heterocycles. The van der Waals surface area contributed by atoms with Crippen molar-refractivity contribution in [3.8, 4) is 5.19 Å². The van der Waals surface area contributed by atoms with E-state index in [4.69, 9.17) is 2.74 Å². The Balaban J connectivity index is 2.58. The van der Waals surface area contributed by atoms with Gasteiger partial charge in [-0.3, -0.25) is 0 Å². The number of hydrogen-bond acceptors (Lipinski definition) is 3. The Bertz CT molecular complexity index is 217. The fourth-order valence-electron chi connectivity index (χ4n) is 0.294. The van der Waals surface area contributed by atoms with Crippen LogP contribution in [0.1, 0.15) is 2.74 Å². The van der Waals surface area contributed by atoms with Crippen LogP contribution in [0.25, 0.3) is 0 Å². The van der Waals surface area contributed by atoms with Crippen LogP contribution in [-0.4, -0.2) is 12.0 Å². The minimum absolute atomic E-state index is 0.349. The summed E-state index contributed by atoms with van der Waals surface area (Å²) in [6.45, 7) is 0. The van der Waals surface area contributed by atoms with Crippen molar-refractivity contribution in [3.05, 3.63) is 9.98 Å². The first kappa shape index (κ1) is 3.85. The van der Waals surface area contributed by atoms with Gasteiger partial charge in [0.25, 0.3) is 5.19 Å². The minimum Gasteiger partial charge on any atom is -0.473 e. The van der Waals surface area contributed by atoms with Crippen LogP contribution in [0.5, 0.6) is 5.19 Å². The molecule has 0 aromatic carbocycles. The van der Waals surface area contributed by atoms with Gasteiger partial charge >= 0.3 is 0 Å². The summed E-state index contributed by atoms with van der Waals surface area (Å²) in [5.41, 5.74) is 0. The molecule has 1 rings (SSSR count). The third kappa shape index (κ3) is 1.20. The summed E-state index contributed by atoms with van der Waals surface area (Å²) in [7, 11) is -1.29. The third-order valence-corrected chi connectivity index (χ3v) is 1.92. The predicted molar refractivity (Wildman–Crippen MR) is 36.4 cm³/mol. The van der Waals surface area contributed by atoms with Crippen LogP contribution >= 0.6 is 27.3 Å². The molecule has 1 aromatic rings. The van der Waals surface area contributed by atoms with E-state index in [1.54, 1.807) is 6.20 Å². The highest BCUT2D eigenvalue weighted by atomic mass is 79.9. The predicted octanol–water partition coefficient (Wildman–Crippen LogP) is 1.91. The maximum absolute atomic E-state index is 6.72. The summed E-state index contributed by atoms with van der Waals surface area (Å²) in [5.74, 6) is 0. The van der Waals surface area contributed by atoms with Crippen LogP contribution in [0.3, 0.4) is 0 Å². The van der Waals surface area contributed by atoms with Crippen LogP contribution in [0, 0.1) is 0 Å². The molecule has 0 fully saturated rings. The number of methoxy groups -OCH3 is 1. The van der Waals surface area contributed by atoms with Gasteiger partial charge in [-0.25, -0.2) is 4.98 Å². The van der Waals surface area contributed by atoms with E-state index in [0.717, 1.165) is 3.79 Å². The molecule has 8 heavy (non-hydrogen) atoms. The molecular weight excluding hydrogens is 190 g/mol. The largest absolute Gasteiger partial charge is 0.473 e. The van der Waals surface area contributed by atoms with Crippen LogP contribution < -0.4 is 4.74 Å². The number of ether oxygens (including phenoxy) is 1. The Labute approximate surface area is 62.4 Å². The highest BCUT2D eigenvalue weighted by molar-refractivity contribution is 9.11. The van der Waals surface area contributed by atoms with Crippen molar-refractivity contribution in [2.45, 2.75) is 0 Å². The van der Waals surface area contributed by atoms with Crippen molar-refractivity contribution in [2.75, 3.05) is 7.06 Å². The van der Waals surface area contributed by atoms with Crippen molar-refractivity contribution >= 4 is 27.3 Å². The molecule has 0 amide bonds. The highest BCUT2D eigenvalue weighted by Gasteiger charge is 1.94. The van der Waals surface area contributed by atoms with Gasteiger partial charge in [0.1, 0.15) is 0 Å². The summed E-state index contributed by atoms with van der Waals surface area (Å²) < 4.78 is 18.9. The minimum atomic E-state index is -1.29. The molecule has 0 aliphatic carbocycles. The first-order valence-electron chi connectivity index (χ1n) is 2.96. The smallest absolute Gasteiger partial charge is 0.273 e. The Morgan fingerprint density at radius 2 is 3.00 bits per heavy atom. The van der Waals surface area contributed by atoms with E-state index in [0.29, 0.717) is 5.19 Å². The number of rotatable bonds is 1. The zero-order valence-corrected chi connectivity index (χ0v) is 6.20. The lowest BCUT2D eigenvalue weighted by molar-refractivity contribution is 0.412. The van der Waals surface area contributed by atoms with Gasteiger partial charge in [0.05, 0.1) is 19.8 Å². The second kappa shape index (κ2) is 2.46. The molecule has 0 radical (unpaired) electrons. The second-order valence-corrected chi connectivity index (χ2v) is 3.42. The lowest BCUT2D eigenvalue weighted by Gasteiger charge is -1.84. The summed E-state index contributed by atoms with van der Waals surface area (Å²) in [4.78, 5) is 3.77. The lowest BCUT2D eigenvalue weighted by atomic mass is 11.0. The summed E-state index contributed by atoms with van der Waals surface area (Å²) in [6.07, 6.45) is 1.57. The Morgan fingerprint density at radius 1 is 2.12 bits per heavy atom. The second-order valence-electron chi connectivity index (χ2n) is 1.05. The molecule has 0 N–H and O–H groups in total. The van der Waals surface area contributed by atoms with Gasteiger partial charge in [-0.2, -0.15) is 0 Å². The highest BCUT2D eigenvalue weighted by Crippen LogP contribution is 2.24. The molecule has 4 heteroatoms. The van der Waals surface area contributed by atoms with Gasteiger partial charge in [-0.05, 0) is 15.9 Å². The van der Waals surface area contributed by atoms with E-state index >= 15 is 0 Å². The number of nitrogens with zero attached hydrogens (tertiary/aromatic N) is 1. The molecular formula is C4H4BrNOS. The molecule has 44 valence electrons. The van der Waals surface area contributed by atoms with E-state index in [9.17, 15) is 0 Å². The van der Waals surface area contributed by atoms with Crippen molar-refractivity contribution in [3.63, 3.8) is 0 Å².